The van der Waals surface area contributed by atoms with E-state index in [1.54, 1.807) is 0 Å². The molecule has 1 aliphatic carbocycles. The van der Waals surface area contributed by atoms with E-state index in [1.807, 2.05) is 57.4 Å². The molecular formula is C25H28ClN5O2. The summed E-state index contributed by atoms with van der Waals surface area (Å²) in [7, 11) is 0. The largest absolute Gasteiger partial charge is 0.379 e. The highest BCUT2D eigenvalue weighted by molar-refractivity contribution is 6.30. The third-order valence-electron chi connectivity index (χ3n) is 6.13. The van der Waals surface area contributed by atoms with E-state index < -0.39 is 0 Å². The number of nitrogens with one attached hydrogen (secondary N) is 1. The highest BCUT2D eigenvalue weighted by Gasteiger charge is 2.29. The van der Waals surface area contributed by atoms with Crippen molar-refractivity contribution in [1.29, 1.82) is 0 Å². The second-order valence-corrected chi connectivity index (χ2v) is 8.86. The van der Waals surface area contributed by atoms with E-state index >= 15 is 0 Å². The number of aromatic nitrogens is 2. The third kappa shape index (κ3) is 4.90. The summed E-state index contributed by atoms with van der Waals surface area (Å²) in [5, 5.41) is 9.54. The number of amides is 1. The molecule has 0 spiro atoms. The Labute approximate surface area is 198 Å². The number of carbonyl (C=O) groups is 1. The van der Waals surface area contributed by atoms with Crippen LogP contribution in [0.25, 0.3) is 11.6 Å². The van der Waals surface area contributed by atoms with E-state index in [2.05, 4.69) is 17.6 Å². The van der Waals surface area contributed by atoms with Crippen LogP contribution in [0.15, 0.2) is 48.7 Å². The minimum absolute atomic E-state index is 0.156. The molecule has 1 aromatic carbocycles. The van der Waals surface area contributed by atoms with Gasteiger partial charge in [-0.15, -0.1) is 5.10 Å². The average molecular weight is 466 g/mol. The molecule has 2 aliphatic heterocycles. The van der Waals surface area contributed by atoms with Gasteiger partial charge in [0.1, 0.15) is 0 Å². The maximum absolute atomic E-state index is 13.3. The predicted octanol–water partition coefficient (Wildman–Crippen LogP) is 3.80. The fourth-order valence-corrected chi connectivity index (χ4v) is 4.60. The first kappa shape index (κ1) is 21.9. The van der Waals surface area contributed by atoms with Crippen LogP contribution in [0.5, 0.6) is 0 Å². The lowest BCUT2D eigenvalue weighted by Crippen LogP contribution is -2.48. The van der Waals surface area contributed by atoms with Gasteiger partial charge in [-0.25, -0.2) is 5.01 Å². The van der Waals surface area contributed by atoms with Crippen molar-refractivity contribution in [2.24, 2.45) is 0 Å². The SMILES string of the molecule is O=C(NN1CCOCC1)c1nn(N2C=CC=CC2)c2c1CCCCC2=Cc1ccc(Cl)cc1. The Morgan fingerprint density at radius 1 is 1.09 bits per heavy atom. The quantitative estimate of drug-likeness (QED) is 0.696. The fraction of sp³-hybridized carbons (Fsp3) is 0.360. The molecular weight excluding hydrogens is 438 g/mol. The minimum atomic E-state index is -0.156. The van der Waals surface area contributed by atoms with Crippen molar-refractivity contribution >= 4 is 29.2 Å². The van der Waals surface area contributed by atoms with Crippen LogP contribution in [0.4, 0.5) is 0 Å². The number of halogens is 1. The second-order valence-electron chi connectivity index (χ2n) is 8.43. The normalized spacial score (nSPS) is 20.0. The van der Waals surface area contributed by atoms with Crippen LogP contribution in [0.1, 0.15) is 46.6 Å². The number of carbonyl (C=O) groups excluding carboxylic acids is 1. The van der Waals surface area contributed by atoms with Crippen LogP contribution in [0.2, 0.25) is 5.02 Å². The number of rotatable bonds is 4. The van der Waals surface area contributed by atoms with E-state index in [-0.39, 0.29) is 5.91 Å². The smallest absolute Gasteiger partial charge is 0.286 e. The second kappa shape index (κ2) is 9.95. The van der Waals surface area contributed by atoms with Crippen molar-refractivity contribution in [3.05, 3.63) is 76.2 Å². The summed E-state index contributed by atoms with van der Waals surface area (Å²) in [6.45, 7) is 3.28. The molecule has 8 heteroatoms. The summed E-state index contributed by atoms with van der Waals surface area (Å²) in [4.78, 5) is 15.3. The monoisotopic (exact) mass is 465 g/mol. The van der Waals surface area contributed by atoms with Gasteiger partial charge >= 0.3 is 0 Å². The molecule has 0 bridgehead atoms. The minimum Gasteiger partial charge on any atom is -0.379 e. The van der Waals surface area contributed by atoms with E-state index in [9.17, 15) is 4.79 Å². The van der Waals surface area contributed by atoms with Crippen LogP contribution in [0.3, 0.4) is 0 Å². The molecule has 172 valence electrons. The van der Waals surface area contributed by atoms with Crippen molar-refractivity contribution < 1.29 is 9.53 Å². The number of fused-ring (bicyclic) bond motifs is 1. The molecule has 1 saturated heterocycles. The first-order chi connectivity index (χ1) is 16.2. The highest BCUT2D eigenvalue weighted by atomic mass is 35.5. The van der Waals surface area contributed by atoms with E-state index in [0.717, 1.165) is 47.5 Å². The summed E-state index contributed by atoms with van der Waals surface area (Å²) < 4.78 is 5.41. The van der Waals surface area contributed by atoms with E-state index in [0.29, 0.717) is 38.5 Å². The van der Waals surface area contributed by atoms with Crippen LogP contribution in [-0.4, -0.2) is 53.7 Å². The molecule has 3 heterocycles. The van der Waals surface area contributed by atoms with Gasteiger partial charge in [0.2, 0.25) is 0 Å². The summed E-state index contributed by atoms with van der Waals surface area (Å²) in [5.41, 5.74) is 7.86. The van der Waals surface area contributed by atoms with Gasteiger partial charge < -0.3 is 4.74 Å². The molecule has 33 heavy (non-hydrogen) atoms. The molecule has 1 amide bonds. The van der Waals surface area contributed by atoms with Gasteiger partial charge in [0.25, 0.3) is 5.91 Å². The molecule has 7 nitrogen and oxygen atoms in total. The van der Waals surface area contributed by atoms with Crippen molar-refractivity contribution in [2.45, 2.75) is 25.7 Å². The zero-order valence-corrected chi connectivity index (χ0v) is 19.3. The van der Waals surface area contributed by atoms with Crippen LogP contribution in [0, 0.1) is 0 Å². The maximum atomic E-state index is 13.3. The third-order valence-corrected chi connectivity index (χ3v) is 6.38. The maximum Gasteiger partial charge on any atom is 0.286 e. The molecule has 3 aliphatic rings. The number of hydrogen-bond acceptors (Lipinski definition) is 5. The van der Waals surface area contributed by atoms with Crippen molar-refractivity contribution in [3.8, 4) is 0 Å². The van der Waals surface area contributed by atoms with Gasteiger partial charge in [-0.2, -0.15) is 4.79 Å². The molecule has 0 radical (unpaired) electrons. The zero-order chi connectivity index (χ0) is 22.6. The lowest BCUT2D eigenvalue weighted by molar-refractivity contribution is 0.0124. The van der Waals surface area contributed by atoms with E-state index in [4.69, 9.17) is 21.4 Å². The fourth-order valence-electron chi connectivity index (χ4n) is 4.47. The lowest BCUT2D eigenvalue weighted by atomic mass is 10.0. The highest BCUT2D eigenvalue weighted by Crippen LogP contribution is 2.34. The average Bonchev–Trinajstić information content (AvgIpc) is 3.11. The van der Waals surface area contributed by atoms with Crippen molar-refractivity contribution in [3.63, 3.8) is 0 Å². The first-order valence-electron chi connectivity index (χ1n) is 11.5. The molecule has 1 aromatic heterocycles. The Hall–Kier alpha value is -2.87. The van der Waals surface area contributed by atoms with E-state index in [1.165, 1.54) is 5.57 Å². The van der Waals surface area contributed by atoms with Crippen LogP contribution < -0.4 is 10.4 Å². The molecule has 5 rings (SSSR count). The Bertz CT molecular complexity index is 1100. The van der Waals surface area contributed by atoms with Gasteiger partial charge in [0.05, 0.1) is 25.5 Å². The molecule has 0 saturated carbocycles. The summed E-state index contributed by atoms with van der Waals surface area (Å²) in [6, 6.07) is 7.86. The number of benzene rings is 1. The van der Waals surface area contributed by atoms with Crippen LogP contribution in [-0.2, 0) is 11.2 Å². The van der Waals surface area contributed by atoms with Crippen LogP contribution >= 0.6 is 11.6 Å². The van der Waals surface area contributed by atoms with Crippen molar-refractivity contribution in [2.75, 3.05) is 37.9 Å². The number of nitrogens with zero attached hydrogens (tertiary/aromatic N) is 4. The van der Waals surface area contributed by atoms with Gasteiger partial charge in [0.15, 0.2) is 5.69 Å². The standard InChI is InChI=1S/C25H28ClN5O2/c26-21-10-8-19(9-11-21)18-20-6-2-3-7-22-23(25(32)28-29-14-16-33-17-15-29)27-31(24(20)22)30-12-4-1-5-13-30/h1,4-5,8-12,18H,2-3,6-7,13-17H2,(H,28,32). The summed E-state index contributed by atoms with van der Waals surface area (Å²) >= 11 is 6.09. The molecule has 1 fully saturated rings. The van der Waals surface area contributed by atoms with Gasteiger partial charge in [-0.05, 0) is 61.1 Å². The molecule has 2 aromatic rings. The zero-order valence-electron chi connectivity index (χ0n) is 18.5. The number of morpholine rings is 1. The summed E-state index contributed by atoms with van der Waals surface area (Å²) in [5.74, 6) is -0.156. The van der Waals surface area contributed by atoms with Gasteiger partial charge in [-0.3, -0.25) is 15.2 Å². The number of hydrazine groups is 1. The topological polar surface area (TPSA) is 62.6 Å². The Kier molecular flexibility index (Phi) is 6.62. The first-order valence-corrected chi connectivity index (χ1v) is 11.9. The lowest BCUT2D eigenvalue weighted by Gasteiger charge is -2.26. The predicted molar refractivity (Wildman–Crippen MR) is 130 cm³/mol. The Morgan fingerprint density at radius 3 is 2.64 bits per heavy atom. The molecule has 1 N–H and O–H groups in total. The molecule has 0 atom stereocenters. The Morgan fingerprint density at radius 2 is 1.88 bits per heavy atom. The van der Waals surface area contributed by atoms with Gasteiger partial charge in [-0.1, -0.05) is 35.9 Å². The molecule has 0 unspecified atom stereocenters. The Balaban J connectivity index is 1.56. The number of allylic oxidation sites excluding steroid dienone is 3. The van der Waals surface area contributed by atoms with Gasteiger partial charge in [0, 0.05) is 29.9 Å². The van der Waals surface area contributed by atoms with Crippen molar-refractivity contribution in [1.82, 2.24) is 20.3 Å². The number of ether oxygens (including phenoxy) is 1. The number of hydrogen-bond donors (Lipinski definition) is 1. The summed E-state index contributed by atoms with van der Waals surface area (Å²) in [6.07, 6.45) is 14.1.